The van der Waals surface area contributed by atoms with Gasteiger partial charge in [-0.25, -0.2) is 20.0 Å². The quantitative estimate of drug-likeness (QED) is 0.421. The Kier molecular flexibility index (Phi) is 9.60. The van der Waals surface area contributed by atoms with Crippen molar-refractivity contribution in [3.05, 3.63) is 47.9 Å². The van der Waals surface area contributed by atoms with Crippen LogP contribution < -0.4 is 15.8 Å². The molecule has 0 fully saturated rings. The Morgan fingerprint density at radius 2 is 1.68 bits per heavy atom. The number of halogens is 6. The summed E-state index contributed by atoms with van der Waals surface area (Å²) < 4.78 is 69.5. The van der Waals surface area contributed by atoms with E-state index < -0.39 is 29.9 Å². The Labute approximate surface area is 189 Å². The number of urea groups is 1. The maximum atomic E-state index is 12.6. The van der Waals surface area contributed by atoms with Crippen LogP contribution in [0.5, 0.6) is 0 Å². The van der Waals surface area contributed by atoms with Gasteiger partial charge in [0.15, 0.2) is 5.82 Å². The number of amides is 2. The van der Waals surface area contributed by atoms with Gasteiger partial charge in [-0.3, -0.25) is 5.01 Å². The number of nitrogens with zero attached hydrogens (tertiary/aromatic N) is 4. The molecule has 9 nitrogen and oxygen atoms in total. The lowest BCUT2D eigenvalue weighted by atomic mass is 10.2. The summed E-state index contributed by atoms with van der Waals surface area (Å²) in [4.78, 5) is 28.9. The van der Waals surface area contributed by atoms with Crippen LogP contribution in [0.25, 0.3) is 0 Å². The molecule has 0 spiro atoms. The Morgan fingerprint density at radius 1 is 1.12 bits per heavy atom. The summed E-state index contributed by atoms with van der Waals surface area (Å²) in [5.74, 6) is -2.34. The second kappa shape index (κ2) is 11.7. The number of nitrogens with one attached hydrogen (secondary N) is 2. The monoisotopic (exact) mass is 492 g/mol. The number of anilines is 2. The van der Waals surface area contributed by atoms with E-state index in [1.54, 1.807) is 0 Å². The standard InChI is InChI=1S/C17H17F3N6O.C2HF3O2/c1-11(2)10-26(15-7-8-22-14(9-21)24-15)25-16(27)23-13-5-3-12(4-6-13)17(18,19)20;3-2(4,5)1(6)7/h3-8,11H,10H2,1-2H3,(H2,23,25,27);(H,6,7). The van der Waals surface area contributed by atoms with Crippen LogP contribution in [0, 0.1) is 17.2 Å². The number of nitriles is 1. The van der Waals surface area contributed by atoms with Crippen LogP contribution in [0.4, 0.5) is 42.6 Å². The second-order valence-corrected chi connectivity index (χ2v) is 6.80. The number of hydrogen-bond donors (Lipinski definition) is 3. The highest BCUT2D eigenvalue weighted by Gasteiger charge is 2.38. The molecule has 2 rings (SSSR count). The molecule has 1 aromatic heterocycles. The molecule has 34 heavy (non-hydrogen) atoms. The van der Waals surface area contributed by atoms with Gasteiger partial charge in [0.05, 0.1) is 5.56 Å². The summed E-state index contributed by atoms with van der Waals surface area (Å²) in [7, 11) is 0. The van der Waals surface area contributed by atoms with Crippen LogP contribution in [0.3, 0.4) is 0 Å². The van der Waals surface area contributed by atoms with E-state index >= 15 is 0 Å². The second-order valence-electron chi connectivity index (χ2n) is 6.80. The minimum Gasteiger partial charge on any atom is -0.475 e. The average Bonchev–Trinajstić information content (AvgIpc) is 2.72. The van der Waals surface area contributed by atoms with Crippen LogP contribution in [0.15, 0.2) is 36.5 Å². The van der Waals surface area contributed by atoms with Crippen molar-refractivity contribution in [2.24, 2.45) is 5.92 Å². The number of hydrogen-bond acceptors (Lipinski definition) is 6. The lowest BCUT2D eigenvalue weighted by Gasteiger charge is -2.26. The normalized spacial score (nSPS) is 11.1. The lowest BCUT2D eigenvalue weighted by molar-refractivity contribution is -0.192. The number of rotatable bonds is 5. The number of benzene rings is 1. The van der Waals surface area contributed by atoms with Gasteiger partial charge in [-0.1, -0.05) is 13.8 Å². The van der Waals surface area contributed by atoms with Crippen LogP contribution >= 0.6 is 0 Å². The summed E-state index contributed by atoms with van der Waals surface area (Å²) in [6.45, 7) is 4.24. The van der Waals surface area contributed by atoms with Gasteiger partial charge in [-0.2, -0.15) is 36.6 Å². The molecule has 1 aromatic carbocycles. The van der Waals surface area contributed by atoms with E-state index in [0.717, 1.165) is 24.3 Å². The third-order valence-corrected chi connectivity index (χ3v) is 3.51. The maximum absolute atomic E-state index is 12.6. The van der Waals surface area contributed by atoms with Crippen LogP contribution in [0.2, 0.25) is 0 Å². The number of carbonyl (C=O) groups excluding carboxylic acids is 1. The first kappa shape index (κ1) is 27.9. The zero-order valence-corrected chi connectivity index (χ0v) is 17.6. The molecule has 1 heterocycles. The molecule has 0 radical (unpaired) electrons. The molecule has 3 N–H and O–H groups in total. The summed E-state index contributed by atoms with van der Waals surface area (Å²) in [5, 5.41) is 19.9. The van der Waals surface area contributed by atoms with Gasteiger partial charge in [0, 0.05) is 24.5 Å². The van der Waals surface area contributed by atoms with Crippen LogP contribution in [-0.4, -0.2) is 39.8 Å². The largest absolute Gasteiger partial charge is 0.490 e. The first-order valence-electron chi connectivity index (χ1n) is 9.19. The topological polar surface area (TPSA) is 131 Å². The van der Waals surface area contributed by atoms with Crippen molar-refractivity contribution in [2.45, 2.75) is 26.2 Å². The molecule has 184 valence electrons. The van der Waals surface area contributed by atoms with Crippen LogP contribution in [0.1, 0.15) is 25.2 Å². The fraction of sp³-hybridized carbons (Fsp3) is 0.316. The van der Waals surface area contributed by atoms with E-state index in [1.807, 2.05) is 19.9 Å². The van der Waals surface area contributed by atoms with Crippen molar-refractivity contribution in [1.29, 1.82) is 5.26 Å². The average molecular weight is 492 g/mol. The summed E-state index contributed by atoms with van der Waals surface area (Å²) in [5.41, 5.74) is 1.96. The van der Waals surface area contributed by atoms with Gasteiger partial charge in [0.1, 0.15) is 6.07 Å². The van der Waals surface area contributed by atoms with Gasteiger partial charge >= 0.3 is 24.4 Å². The van der Waals surface area contributed by atoms with Crippen molar-refractivity contribution in [3.63, 3.8) is 0 Å². The number of aliphatic carboxylic acids is 1. The molecule has 0 unspecified atom stereocenters. The third-order valence-electron chi connectivity index (χ3n) is 3.51. The number of carboxylic acid groups (broad SMARTS) is 1. The third kappa shape index (κ3) is 9.59. The number of aromatic nitrogens is 2. The fourth-order valence-corrected chi connectivity index (χ4v) is 2.14. The molecule has 0 aliphatic rings. The highest BCUT2D eigenvalue weighted by Crippen LogP contribution is 2.29. The summed E-state index contributed by atoms with van der Waals surface area (Å²) >= 11 is 0. The first-order valence-corrected chi connectivity index (χ1v) is 9.19. The van der Waals surface area contributed by atoms with Crippen molar-refractivity contribution in [2.75, 3.05) is 16.9 Å². The predicted molar refractivity (Wildman–Crippen MR) is 106 cm³/mol. The molecule has 15 heteroatoms. The van der Waals surface area contributed by atoms with E-state index in [4.69, 9.17) is 15.2 Å². The minimum atomic E-state index is -5.08. The molecule has 0 saturated carbocycles. The van der Waals surface area contributed by atoms with Crippen molar-refractivity contribution in [1.82, 2.24) is 15.4 Å². The molecule has 2 aromatic rings. The van der Waals surface area contributed by atoms with Crippen molar-refractivity contribution >= 4 is 23.5 Å². The molecule has 0 saturated heterocycles. The Bertz CT molecular complexity index is 1020. The minimum absolute atomic E-state index is 0.0498. The van der Waals surface area contributed by atoms with Gasteiger partial charge < -0.3 is 10.4 Å². The number of alkyl halides is 6. The Morgan fingerprint density at radius 3 is 2.12 bits per heavy atom. The molecular formula is C19H18F6N6O3. The highest BCUT2D eigenvalue weighted by atomic mass is 19.4. The van der Waals surface area contributed by atoms with E-state index in [2.05, 4.69) is 20.7 Å². The van der Waals surface area contributed by atoms with Gasteiger partial charge in [0.25, 0.3) is 0 Å². The Balaban J connectivity index is 0.000000718. The first-order chi connectivity index (χ1) is 15.6. The molecule has 0 atom stereocenters. The van der Waals surface area contributed by atoms with Gasteiger partial charge in [-0.15, -0.1) is 0 Å². The van der Waals surface area contributed by atoms with Gasteiger partial charge in [-0.05, 0) is 30.2 Å². The molecular weight excluding hydrogens is 474 g/mol. The van der Waals surface area contributed by atoms with E-state index in [-0.39, 0.29) is 17.4 Å². The predicted octanol–water partition coefficient (Wildman–Crippen LogP) is 4.20. The van der Waals surface area contributed by atoms with E-state index in [9.17, 15) is 31.1 Å². The maximum Gasteiger partial charge on any atom is 0.490 e. The van der Waals surface area contributed by atoms with Gasteiger partial charge in [0.2, 0.25) is 5.82 Å². The number of hydrazine groups is 1. The number of carbonyl (C=O) groups is 2. The number of carboxylic acids is 1. The van der Waals surface area contributed by atoms with Crippen molar-refractivity contribution in [3.8, 4) is 6.07 Å². The van der Waals surface area contributed by atoms with Crippen molar-refractivity contribution < 1.29 is 41.0 Å². The van der Waals surface area contributed by atoms with Crippen LogP contribution in [-0.2, 0) is 11.0 Å². The summed E-state index contributed by atoms with van der Waals surface area (Å²) in [6, 6.07) is 6.77. The lowest BCUT2D eigenvalue weighted by Crippen LogP contribution is -2.46. The molecule has 0 bridgehead atoms. The Hall–Kier alpha value is -4.09. The van der Waals surface area contributed by atoms with E-state index in [1.165, 1.54) is 17.3 Å². The molecule has 0 aliphatic heterocycles. The zero-order chi connectivity index (χ0) is 26.1. The molecule has 2 amide bonds. The SMILES string of the molecule is CC(C)CN(NC(=O)Nc1ccc(C(F)(F)F)cc1)c1ccnc(C#N)n1.O=C(O)C(F)(F)F. The smallest absolute Gasteiger partial charge is 0.475 e. The highest BCUT2D eigenvalue weighted by molar-refractivity contribution is 5.90. The molecule has 0 aliphatic carbocycles. The fourth-order valence-electron chi connectivity index (χ4n) is 2.14. The summed E-state index contributed by atoms with van der Waals surface area (Å²) in [6.07, 6.45) is -8.13. The zero-order valence-electron chi connectivity index (χ0n) is 17.6. The van der Waals surface area contributed by atoms with E-state index in [0.29, 0.717) is 12.4 Å².